The average Bonchev–Trinajstić information content (AvgIpc) is 3.73. The van der Waals surface area contributed by atoms with Gasteiger partial charge in [0.05, 0.1) is 51.7 Å². The van der Waals surface area contributed by atoms with Gasteiger partial charge in [-0.1, -0.05) is 36.4 Å². The molecule has 0 spiro atoms. The van der Waals surface area contributed by atoms with Crippen LogP contribution in [0.2, 0.25) is 0 Å². The highest BCUT2D eigenvalue weighted by Gasteiger charge is 2.30. The third-order valence-corrected chi connectivity index (χ3v) is 13.2. The molecule has 0 atom stereocenters. The maximum atomic E-state index is 14.6. The first kappa shape index (κ1) is 29.2. The maximum absolute atomic E-state index is 14.6. The van der Waals surface area contributed by atoms with Gasteiger partial charge in [-0.2, -0.15) is 21.0 Å². The molecule has 0 saturated carbocycles. The molecule has 0 N–H and O–H groups in total. The first-order valence-electron chi connectivity index (χ1n) is 13.8. The molecule has 48 heavy (non-hydrogen) atoms. The second kappa shape index (κ2) is 10.6. The van der Waals surface area contributed by atoms with Crippen molar-refractivity contribution in [2.45, 2.75) is 0 Å². The lowest BCUT2D eigenvalue weighted by Crippen LogP contribution is -2.34. The summed E-state index contributed by atoms with van der Waals surface area (Å²) in [5.74, 6) is 0. The van der Waals surface area contributed by atoms with Gasteiger partial charge in [0.15, 0.2) is 11.1 Å². The molecule has 0 radical (unpaired) electrons. The van der Waals surface area contributed by atoms with Crippen LogP contribution in [0.25, 0.3) is 73.6 Å². The summed E-state index contributed by atoms with van der Waals surface area (Å²) in [6.07, 6.45) is 0. The van der Waals surface area contributed by atoms with Crippen LogP contribution in [0, 0.1) is 45.3 Å². The van der Waals surface area contributed by atoms with E-state index in [9.17, 15) is 40.2 Å². The van der Waals surface area contributed by atoms with Gasteiger partial charge in [0, 0.05) is 10.8 Å². The summed E-state index contributed by atoms with van der Waals surface area (Å²) in [5.41, 5.74) is -2.70. The number of para-hydroxylation sites is 2. The number of nitrogens with zero attached hydrogens (tertiary/aromatic N) is 6. The Morgan fingerprint density at radius 1 is 0.438 bits per heavy atom. The monoisotopic (exact) mass is 694 g/mol. The Hall–Kier alpha value is -6.26. The zero-order valence-electron chi connectivity index (χ0n) is 23.7. The molecule has 10 nitrogen and oxygen atoms in total. The summed E-state index contributed by atoms with van der Waals surface area (Å²) < 4.78 is 3.67. The number of fused-ring (bicyclic) bond motifs is 6. The third-order valence-electron chi connectivity index (χ3n) is 7.90. The standard InChI is InChI=1S/C34H10N6O4S4/c35-11-15(12-36)33-45-25-21-19-20-23(27(25)47-33)31(43)40(18-9-5-2-6-10-18)32(44)24(20)28-26(46-34(48-28)16(13-37)14-38)22(19)30(42)39(29(21)41)17-7-3-1-4-8-17/h1-10H. The maximum Gasteiger partial charge on any atom is 0.267 e. The molecule has 0 fully saturated rings. The molecule has 0 bridgehead atoms. The number of hydrogen-bond acceptors (Lipinski definition) is 12. The minimum Gasteiger partial charge on any atom is -0.268 e. The molecule has 8 aromatic rings. The Bertz CT molecular complexity index is 2910. The van der Waals surface area contributed by atoms with E-state index in [2.05, 4.69) is 0 Å². The van der Waals surface area contributed by atoms with Crippen LogP contribution in [-0.4, -0.2) is 9.13 Å². The van der Waals surface area contributed by atoms with E-state index in [1.165, 1.54) is 0 Å². The van der Waals surface area contributed by atoms with Gasteiger partial charge in [-0.3, -0.25) is 19.2 Å². The van der Waals surface area contributed by atoms with Crippen molar-refractivity contribution >= 4 is 108 Å². The summed E-state index contributed by atoms with van der Waals surface area (Å²) >= 11 is 3.94. The van der Waals surface area contributed by atoms with Crippen LogP contribution in [-0.2, 0) is 0 Å². The first-order chi connectivity index (χ1) is 23.3. The van der Waals surface area contributed by atoms with Gasteiger partial charge in [0.25, 0.3) is 22.2 Å². The van der Waals surface area contributed by atoms with Crippen molar-refractivity contribution in [3.8, 4) is 35.7 Å². The summed E-state index contributed by atoms with van der Waals surface area (Å²) in [5, 5.41) is 39.4. The molecule has 0 aliphatic rings. The number of nitriles is 4. The van der Waals surface area contributed by atoms with E-state index in [1.807, 2.05) is 24.3 Å². The van der Waals surface area contributed by atoms with Crippen LogP contribution in [0.1, 0.15) is 0 Å². The highest BCUT2D eigenvalue weighted by molar-refractivity contribution is 7.38. The van der Waals surface area contributed by atoms with Crippen molar-refractivity contribution in [2.75, 3.05) is 0 Å². The molecule has 0 saturated heterocycles. The van der Waals surface area contributed by atoms with Crippen LogP contribution >= 0.6 is 45.3 Å². The van der Waals surface area contributed by atoms with E-state index in [4.69, 9.17) is 0 Å². The lowest BCUT2D eigenvalue weighted by molar-refractivity contribution is 0.969. The van der Waals surface area contributed by atoms with Crippen LogP contribution in [0.15, 0.2) is 79.8 Å². The highest BCUT2D eigenvalue weighted by Crippen LogP contribution is 2.44. The Labute approximate surface area is 281 Å². The highest BCUT2D eigenvalue weighted by atomic mass is 32.2. The molecule has 0 aliphatic heterocycles. The van der Waals surface area contributed by atoms with Gasteiger partial charge in [0.1, 0.15) is 32.0 Å². The third kappa shape index (κ3) is 3.77. The summed E-state index contributed by atoms with van der Waals surface area (Å²) in [4.78, 5) is 58.3. The SMILES string of the molecule is N#CC(C#N)=c1sc2c(s1)c1c(=O)n(-c3ccccc3)c(=O)c3c4sc(=C(C#N)C#N)sc4c4c(=O)n(-c5ccccc5)c(=O)c2c4c13. The van der Waals surface area contributed by atoms with Gasteiger partial charge < -0.3 is 0 Å². The van der Waals surface area contributed by atoms with Crippen molar-refractivity contribution < 1.29 is 0 Å². The quantitative estimate of drug-likeness (QED) is 0.237. The number of hydrogen-bond donors (Lipinski definition) is 0. The summed E-state index contributed by atoms with van der Waals surface area (Å²) in [6.45, 7) is 0. The molecule has 8 rings (SSSR count). The first-order valence-corrected chi connectivity index (χ1v) is 17.0. The largest absolute Gasteiger partial charge is 0.268 e. The van der Waals surface area contributed by atoms with Crippen LogP contribution < -0.4 is 29.9 Å². The average molecular weight is 695 g/mol. The van der Waals surface area contributed by atoms with Gasteiger partial charge in [0.2, 0.25) is 0 Å². The molecule has 0 unspecified atom stereocenters. The zero-order valence-corrected chi connectivity index (χ0v) is 27.0. The minimum absolute atomic E-state index is 0.0477. The van der Waals surface area contributed by atoms with Crippen molar-refractivity contribution in [2.24, 2.45) is 0 Å². The van der Waals surface area contributed by atoms with E-state index >= 15 is 0 Å². The van der Waals surface area contributed by atoms with Crippen LogP contribution in [0.3, 0.4) is 0 Å². The van der Waals surface area contributed by atoms with Crippen LogP contribution in [0.4, 0.5) is 0 Å². The zero-order chi connectivity index (χ0) is 33.4. The fourth-order valence-corrected chi connectivity index (χ4v) is 11.3. The predicted octanol–water partition coefficient (Wildman–Crippen LogP) is 4.55. The molecule has 14 heteroatoms. The van der Waals surface area contributed by atoms with E-state index in [0.29, 0.717) is 0 Å². The van der Waals surface area contributed by atoms with E-state index < -0.39 is 22.2 Å². The molecule has 0 amide bonds. The molecule has 224 valence electrons. The molecular weight excluding hydrogens is 685 g/mol. The second-order valence-corrected chi connectivity index (χ2v) is 14.9. The molecular formula is C34H10N6O4S4. The Morgan fingerprint density at radius 3 is 0.958 bits per heavy atom. The number of benzene rings is 4. The Morgan fingerprint density at radius 2 is 0.708 bits per heavy atom. The van der Waals surface area contributed by atoms with E-state index in [0.717, 1.165) is 54.5 Å². The Kier molecular flexibility index (Phi) is 6.47. The van der Waals surface area contributed by atoms with Crippen molar-refractivity contribution in [3.63, 3.8) is 0 Å². The fourth-order valence-electron chi connectivity index (χ4n) is 5.97. The van der Waals surface area contributed by atoms with Gasteiger partial charge in [-0.15, -0.1) is 45.3 Å². The number of aromatic nitrogens is 2. The van der Waals surface area contributed by atoms with Gasteiger partial charge >= 0.3 is 0 Å². The Balaban J connectivity index is 1.84. The van der Waals surface area contributed by atoms with Gasteiger partial charge in [-0.25, -0.2) is 9.13 Å². The fraction of sp³-hybridized carbons (Fsp3) is 0. The van der Waals surface area contributed by atoms with Crippen molar-refractivity contribution in [3.05, 3.63) is 110 Å². The summed E-state index contributed by atoms with van der Waals surface area (Å²) in [7, 11) is 0. The topological polar surface area (TPSA) is 173 Å². The van der Waals surface area contributed by atoms with Crippen molar-refractivity contribution in [1.82, 2.24) is 9.13 Å². The predicted molar refractivity (Wildman–Crippen MR) is 189 cm³/mol. The molecule has 4 heterocycles. The van der Waals surface area contributed by atoms with Crippen molar-refractivity contribution in [1.29, 1.82) is 21.0 Å². The normalized spacial score (nSPS) is 11.2. The lowest BCUT2D eigenvalue weighted by atomic mass is 9.96. The lowest BCUT2D eigenvalue weighted by Gasteiger charge is -2.16. The van der Waals surface area contributed by atoms with Crippen LogP contribution in [0.5, 0.6) is 0 Å². The second-order valence-electron chi connectivity index (χ2n) is 10.3. The molecule has 4 aromatic heterocycles. The van der Waals surface area contributed by atoms with E-state index in [1.54, 1.807) is 60.7 Å². The van der Waals surface area contributed by atoms with Gasteiger partial charge in [-0.05, 0) is 24.3 Å². The smallest absolute Gasteiger partial charge is 0.267 e. The summed E-state index contributed by atoms with van der Waals surface area (Å²) in [6, 6.07) is 24.1. The molecule has 4 aromatic carbocycles. The molecule has 0 aliphatic carbocycles. The number of pyridine rings is 2. The number of rotatable bonds is 2. The van der Waals surface area contributed by atoms with E-state index in [-0.39, 0.29) is 81.3 Å². The minimum atomic E-state index is -0.705.